The quantitative estimate of drug-likeness (QED) is 0.700. The van der Waals surface area contributed by atoms with Gasteiger partial charge in [-0.15, -0.1) is 11.3 Å². The molecular weight excluding hydrogens is 267 g/mol. The maximum atomic E-state index is 12.3. The minimum Gasteiger partial charge on any atom is -0.444 e. The second kappa shape index (κ2) is 5.48. The summed E-state index contributed by atoms with van der Waals surface area (Å²) in [5, 5.41) is 1.85. The Labute approximate surface area is 136 Å². The molecule has 0 radical (unpaired) electrons. The molecule has 0 fully saturated rings. The molecule has 2 heterocycles. The van der Waals surface area contributed by atoms with Gasteiger partial charge in [0.25, 0.3) is 0 Å². The Morgan fingerprint density at radius 3 is 2.20 bits per heavy atom. The van der Waals surface area contributed by atoms with E-state index < -0.39 is 11.8 Å². The van der Waals surface area contributed by atoms with E-state index in [9.17, 15) is 12.9 Å². The number of thiophene rings is 2. The van der Waals surface area contributed by atoms with Crippen molar-refractivity contribution in [3.8, 4) is 9.75 Å². The maximum Gasteiger partial charge on any atom is 1.00 e. The van der Waals surface area contributed by atoms with E-state index >= 15 is 0 Å². The summed E-state index contributed by atoms with van der Waals surface area (Å²) in [5.74, 6) is 0. The number of rotatable bonds is 2. The number of hydrogen-bond donors (Lipinski definition) is 0. The fourth-order valence-corrected chi connectivity index (χ4v) is 2.82. The first kappa shape index (κ1) is 14.0. The Bertz CT molecular complexity index is 421. The molecule has 0 atom stereocenters. The topological polar surface area (TPSA) is 0 Å². The Morgan fingerprint density at radius 2 is 1.73 bits per heavy atom. The third-order valence-corrected chi connectivity index (χ3v) is 3.96. The van der Waals surface area contributed by atoms with Gasteiger partial charge in [0, 0.05) is 9.75 Å². The molecule has 2 rings (SSSR count). The smallest absolute Gasteiger partial charge is 0.444 e. The molecule has 0 aromatic carbocycles. The molecular formula is C8H5BF3KS2. The zero-order valence-electron chi connectivity index (χ0n) is 7.91. The van der Waals surface area contributed by atoms with E-state index in [0.717, 1.165) is 22.3 Å². The van der Waals surface area contributed by atoms with Crippen LogP contribution in [0.5, 0.6) is 0 Å². The molecule has 0 amide bonds. The fourth-order valence-electron chi connectivity index (χ4n) is 1.08. The molecule has 0 spiro atoms. The standard InChI is InChI=1S/C8H5BF3S2.K/c10-9(11,12)8-4-3-7(14-8)6-2-1-5-13-6;/h1-5H;/q-1;+1. The predicted octanol–water partition coefficient (Wildman–Crippen LogP) is 0.535. The van der Waals surface area contributed by atoms with Crippen molar-refractivity contribution in [3.63, 3.8) is 0 Å². The van der Waals surface area contributed by atoms with Crippen molar-refractivity contribution in [1.29, 1.82) is 0 Å². The molecule has 2 aromatic rings. The summed E-state index contributed by atoms with van der Waals surface area (Å²) in [6.07, 6.45) is 0. The largest absolute Gasteiger partial charge is 1.00 e. The predicted molar refractivity (Wildman–Crippen MR) is 56.3 cm³/mol. The van der Waals surface area contributed by atoms with Crippen LogP contribution in [0.15, 0.2) is 29.6 Å². The summed E-state index contributed by atoms with van der Waals surface area (Å²) in [7, 11) is 0. The van der Waals surface area contributed by atoms with Gasteiger partial charge in [0.2, 0.25) is 0 Å². The van der Waals surface area contributed by atoms with Crippen molar-refractivity contribution in [2.75, 3.05) is 0 Å². The Hall–Kier alpha value is 0.891. The van der Waals surface area contributed by atoms with E-state index in [4.69, 9.17) is 0 Å². The number of hydrogen-bond acceptors (Lipinski definition) is 2. The number of halogens is 3. The van der Waals surface area contributed by atoms with Crippen LogP contribution in [0.3, 0.4) is 0 Å². The van der Waals surface area contributed by atoms with Crippen LogP contribution in [-0.2, 0) is 0 Å². The van der Waals surface area contributed by atoms with Crippen LogP contribution >= 0.6 is 22.7 Å². The second-order valence-corrected chi connectivity index (χ2v) is 4.82. The third kappa shape index (κ3) is 3.42. The summed E-state index contributed by atoms with van der Waals surface area (Å²) in [6.45, 7) is -4.84. The van der Waals surface area contributed by atoms with E-state index in [1.807, 2.05) is 17.5 Å². The normalized spacial score (nSPS) is 11.1. The first-order chi connectivity index (χ1) is 6.57. The summed E-state index contributed by atoms with van der Waals surface area (Å²) < 4.78 is 36.5. The van der Waals surface area contributed by atoms with Crippen molar-refractivity contribution in [2.24, 2.45) is 0 Å². The van der Waals surface area contributed by atoms with Gasteiger partial charge >= 0.3 is 58.4 Å². The molecule has 0 bridgehead atoms. The van der Waals surface area contributed by atoms with Gasteiger partial charge in [0.1, 0.15) is 0 Å². The monoisotopic (exact) mass is 272 g/mol. The first-order valence-electron chi connectivity index (χ1n) is 3.91. The minimum atomic E-state index is -4.84. The van der Waals surface area contributed by atoms with Gasteiger partial charge in [0.05, 0.1) is 0 Å². The second-order valence-electron chi connectivity index (χ2n) is 2.75. The van der Waals surface area contributed by atoms with Crippen LogP contribution in [0.25, 0.3) is 9.75 Å². The van der Waals surface area contributed by atoms with E-state index in [2.05, 4.69) is 0 Å². The van der Waals surface area contributed by atoms with Crippen molar-refractivity contribution in [2.45, 2.75) is 0 Å². The van der Waals surface area contributed by atoms with Crippen LogP contribution < -0.4 is 56.2 Å². The van der Waals surface area contributed by atoms with Gasteiger partial charge < -0.3 is 12.9 Å². The maximum absolute atomic E-state index is 12.3. The Kier molecular flexibility index (Phi) is 5.10. The Morgan fingerprint density at radius 1 is 1.00 bits per heavy atom. The van der Waals surface area contributed by atoms with E-state index in [0.29, 0.717) is 4.88 Å². The summed E-state index contributed by atoms with van der Waals surface area (Å²) in [6, 6.07) is 6.34. The molecule has 74 valence electrons. The molecule has 2 aromatic heterocycles. The molecule has 0 aliphatic rings. The van der Waals surface area contributed by atoms with Gasteiger partial charge in [-0.25, -0.2) is 0 Å². The van der Waals surface area contributed by atoms with Crippen molar-refractivity contribution < 1.29 is 64.3 Å². The van der Waals surface area contributed by atoms with E-state index in [-0.39, 0.29) is 51.4 Å². The van der Waals surface area contributed by atoms with Crippen LogP contribution in [0.2, 0.25) is 0 Å². The molecule has 0 saturated carbocycles. The molecule has 0 nitrogen and oxygen atoms in total. The van der Waals surface area contributed by atoms with E-state index in [1.165, 1.54) is 17.4 Å². The van der Waals surface area contributed by atoms with Gasteiger partial charge in [-0.3, -0.25) is 0 Å². The molecule has 0 N–H and O–H groups in total. The zero-order valence-corrected chi connectivity index (χ0v) is 12.7. The average molecular weight is 272 g/mol. The summed E-state index contributed by atoms with van der Waals surface area (Å²) in [4.78, 5) is 1.58. The van der Waals surface area contributed by atoms with Crippen LogP contribution in [0.1, 0.15) is 0 Å². The summed E-state index contributed by atoms with van der Waals surface area (Å²) >= 11 is 2.26. The average Bonchev–Trinajstić information content (AvgIpc) is 2.73. The Balaban J connectivity index is 0.00000112. The summed E-state index contributed by atoms with van der Waals surface area (Å²) in [5.41, 5.74) is 0. The zero-order chi connectivity index (χ0) is 10.2. The van der Waals surface area contributed by atoms with E-state index in [1.54, 1.807) is 0 Å². The molecule has 7 heteroatoms. The van der Waals surface area contributed by atoms with Crippen LogP contribution in [0.4, 0.5) is 12.9 Å². The van der Waals surface area contributed by atoms with Crippen LogP contribution in [0, 0.1) is 0 Å². The van der Waals surface area contributed by atoms with Gasteiger partial charge in [-0.05, 0) is 17.5 Å². The van der Waals surface area contributed by atoms with Crippen molar-refractivity contribution >= 4 is 34.4 Å². The van der Waals surface area contributed by atoms with Gasteiger partial charge in [-0.2, -0.15) is 11.3 Å². The van der Waals surface area contributed by atoms with Gasteiger partial charge in [-0.1, -0.05) is 16.9 Å². The molecule has 0 aliphatic heterocycles. The SMILES string of the molecule is F[B-](F)(F)c1ccc(-c2cccs2)s1.[K+]. The molecule has 15 heavy (non-hydrogen) atoms. The van der Waals surface area contributed by atoms with Gasteiger partial charge in [0.15, 0.2) is 0 Å². The third-order valence-electron chi connectivity index (χ3n) is 1.71. The molecule has 0 unspecified atom stereocenters. The first-order valence-corrected chi connectivity index (χ1v) is 5.60. The minimum absolute atomic E-state index is 0. The van der Waals surface area contributed by atoms with Crippen LogP contribution in [-0.4, -0.2) is 6.98 Å². The van der Waals surface area contributed by atoms with Crippen molar-refractivity contribution in [3.05, 3.63) is 29.6 Å². The van der Waals surface area contributed by atoms with Crippen molar-refractivity contribution in [1.82, 2.24) is 0 Å². The fraction of sp³-hybridized carbons (Fsp3) is 0. The molecule has 0 saturated heterocycles. The molecule has 0 aliphatic carbocycles.